The van der Waals surface area contributed by atoms with Crippen LogP contribution >= 0.6 is 0 Å². The summed E-state index contributed by atoms with van der Waals surface area (Å²) < 4.78 is 4.72. The molecule has 0 amide bonds. The molecule has 0 unspecified atom stereocenters. The van der Waals surface area contributed by atoms with Crippen molar-refractivity contribution in [2.45, 2.75) is 13.8 Å². The summed E-state index contributed by atoms with van der Waals surface area (Å²) in [7, 11) is 0. The van der Waals surface area contributed by atoms with Crippen LogP contribution in [0.5, 0.6) is 34.5 Å². The van der Waals surface area contributed by atoms with Gasteiger partial charge in [0.25, 0.3) is 5.97 Å². The van der Waals surface area contributed by atoms with E-state index in [1.807, 2.05) is 0 Å². The number of carbonyl (C=O) groups excluding carboxylic acids is 3. The fourth-order valence-corrected chi connectivity index (χ4v) is 2.03. The second-order valence-corrected chi connectivity index (χ2v) is 7.11. The Labute approximate surface area is 229 Å². The van der Waals surface area contributed by atoms with Crippen molar-refractivity contribution in [1.29, 1.82) is 0 Å². The lowest BCUT2D eigenvalue weighted by molar-refractivity contribution is -0.134. The van der Waals surface area contributed by atoms with E-state index in [9.17, 15) is 14.4 Å². The monoisotopic (exact) mass is 558 g/mol. The second-order valence-electron chi connectivity index (χ2n) is 7.11. The summed E-state index contributed by atoms with van der Waals surface area (Å²) in [5.74, 6) is -0.169. The van der Waals surface area contributed by atoms with Crippen LogP contribution in [0.15, 0.2) is 97.1 Å². The maximum absolute atomic E-state index is 10.4. The zero-order valence-electron chi connectivity index (χ0n) is 21.5. The normalized spacial score (nSPS) is 10.2. The third-order valence-corrected chi connectivity index (χ3v) is 3.62. The van der Waals surface area contributed by atoms with Crippen LogP contribution in [-0.4, -0.2) is 59.6 Å². The number of hydrogen-bond acceptors (Lipinski definition) is 10. The van der Waals surface area contributed by atoms with E-state index in [1.165, 1.54) is 104 Å². The molecule has 3 aromatic rings. The lowest BCUT2D eigenvalue weighted by atomic mass is 10.2. The van der Waals surface area contributed by atoms with Gasteiger partial charge in [-0.15, -0.1) is 0 Å². The van der Waals surface area contributed by atoms with Gasteiger partial charge in [-0.3, -0.25) is 19.2 Å². The fraction of sp³-hybridized carbons (Fsp3) is 0.0714. The fourth-order valence-electron chi connectivity index (χ4n) is 2.03. The zero-order valence-corrected chi connectivity index (χ0v) is 21.5. The standard InChI is InChI=1S/C8H8O3.2C6H6O2.C6H4O2.C2H4O2.H2O/c1-6(9)11-8-4-2-7(10)3-5-8;3*7-5-1-2-6(8)4-3-5;1-2(3)4;/h2-5,10H,1H3;2*1-4,7-8H;1-4H;1H3,(H,3,4);1H2. The summed E-state index contributed by atoms with van der Waals surface area (Å²) in [6, 6.07) is 17.4. The number of carbonyl (C=O) groups is 4. The van der Waals surface area contributed by atoms with Crippen LogP contribution in [0.1, 0.15) is 13.8 Å². The maximum Gasteiger partial charge on any atom is 0.308 e. The predicted molar refractivity (Wildman–Crippen MR) is 144 cm³/mol. The van der Waals surface area contributed by atoms with Crippen LogP contribution in [0, 0.1) is 0 Å². The highest BCUT2D eigenvalue weighted by Gasteiger charge is 1.98. The zero-order chi connectivity index (χ0) is 29.8. The molecule has 0 aromatic heterocycles. The summed E-state index contributed by atoms with van der Waals surface area (Å²) in [5.41, 5.74) is 0. The van der Waals surface area contributed by atoms with E-state index in [2.05, 4.69) is 0 Å². The molecule has 0 radical (unpaired) electrons. The molecule has 0 fully saturated rings. The largest absolute Gasteiger partial charge is 0.508 e. The van der Waals surface area contributed by atoms with E-state index >= 15 is 0 Å². The molecule has 1 aliphatic rings. The van der Waals surface area contributed by atoms with E-state index in [0.29, 0.717) is 5.75 Å². The predicted octanol–water partition coefficient (Wildman–Crippen LogP) is 3.03. The summed E-state index contributed by atoms with van der Waals surface area (Å²) in [6.45, 7) is 2.41. The molecule has 4 rings (SSSR count). The third-order valence-electron chi connectivity index (χ3n) is 3.62. The van der Waals surface area contributed by atoms with Gasteiger partial charge in [0.05, 0.1) is 0 Å². The van der Waals surface area contributed by atoms with Gasteiger partial charge in [-0.2, -0.15) is 0 Å². The molecule has 0 aliphatic heterocycles. The van der Waals surface area contributed by atoms with E-state index in [1.54, 1.807) is 0 Å². The molecule has 8 N–H and O–H groups in total. The van der Waals surface area contributed by atoms with E-state index in [4.69, 9.17) is 40.2 Å². The van der Waals surface area contributed by atoms with Crippen LogP contribution < -0.4 is 4.74 Å². The van der Waals surface area contributed by atoms with Gasteiger partial charge in [0.2, 0.25) is 0 Å². The van der Waals surface area contributed by atoms with Crippen LogP contribution in [0.2, 0.25) is 0 Å². The quantitative estimate of drug-likeness (QED) is 0.110. The minimum atomic E-state index is -0.833. The number of phenols is 5. The van der Waals surface area contributed by atoms with Crippen LogP contribution in [-0.2, 0) is 19.2 Å². The number of aromatic hydroxyl groups is 5. The minimum absolute atomic E-state index is 0. The molecule has 40 heavy (non-hydrogen) atoms. The van der Waals surface area contributed by atoms with Gasteiger partial charge < -0.3 is 40.9 Å². The number of aliphatic carboxylic acids is 1. The van der Waals surface area contributed by atoms with Crippen LogP contribution in [0.4, 0.5) is 0 Å². The molecule has 1 aliphatic carbocycles. The number of ether oxygens (including phenoxy) is 1. The number of ketones is 2. The molecule has 3 aromatic carbocycles. The molecule has 12 nitrogen and oxygen atoms in total. The van der Waals surface area contributed by atoms with Gasteiger partial charge in [-0.1, -0.05) is 0 Å². The Hall–Kier alpha value is -5.62. The first-order valence-corrected chi connectivity index (χ1v) is 10.9. The Morgan fingerprint density at radius 2 is 0.725 bits per heavy atom. The number of phenolic OH excluding ortho intramolecular Hbond substituents is 5. The van der Waals surface area contributed by atoms with Crippen molar-refractivity contribution in [2.75, 3.05) is 0 Å². The molecule has 0 spiro atoms. The lowest BCUT2D eigenvalue weighted by Gasteiger charge is -1.99. The number of hydrogen-bond donors (Lipinski definition) is 6. The first kappa shape index (κ1) is 36.5. The van der Waals surface area contributed by atoms with E-state index < -0.39 is 5.97 Å². The van der Waals surface area contributed by atoms with Gasteiger partial charge in [0.1, 0.15) is 34.5 Å². The molecule has 0 saturated carbocycles. The van der Waals surface area contributed by atoms with Crippen LogP contribution in [0.3, 0.4) is 0 Å². The lowest BCUT2D eigenvalue weighted by Crippen LogP contribution is -2.00. The Kier molecular flexibility index (Phi) is 18.7. The summed E-state index contributed by atoms with van der Waals surface area (Å²) in [6.07, 6.45) is 5.01. The molecule has 0 heterocycles. The van der Waals surface area contributed by atoms with Gasteiger partial charge in [0, 0.05) is 13.8 Å². The van der Waals surface area contributed by atoms with E-state index in [-0.39, 0.29) is 51.8 Å². The average Bonchev–Trinajstić information content (AvgIpc) is 2.87. The Morgan fingerprint density at radius 1 is 0.525 bits per heavy atom. The first-order valence-electron chi connectivity index (χ1n) is 10.9. The third kappa shape index (κ3) is 21.6. The number of rotatable bonds is 1. The SMILES string of the molecule is CC(=O)O.CC(=O)Oc1ccc(O)cc1.O.O=C1C=CC(=O)C=C1.Oc1ccc(O)cc1.Oc1ccc(O)cc1. The Morgan fingerprint density at radius 3 is 0.925 bits per heavy atom. The molecule has 0 saturated heterocycles. The van der Waals surface area contributed by atoms with Crippen molar-refractivity contribution in [3.8, 4) is 34.5 Å². The minimum Gasteiger partial charge on any atom is -0.508 e. The molecular formula is C28H30O12. The topological polar surface area (TPSA) is 230 Å². The van der Waals surface area contributed by atoms with Crippen molar-refractivity contribution < 1.29 is 60.0 Å². The highest BCUT2D eigenvalue weighted by Crippen LogP contribution is 2.16. The number of carboxylic acid groups (broad SMARTS) is 1. The number of esters is 1. The van der Waals surface area contributed by atoms with Crippen molar-refractivity contribution >= 4 is 23.5 Å². The first-order chi connectivity index (χ1) is 18.3. The molecular weight excluding hydrogens is 528 g/mol. The molecule has 0 bridgehead atoms. The molecule has 0 atom stereocenters. The summed E-state index contributed by atoms with van der Waals surface area (Å²) in [5, 5.41) is 50.8. The summed E-state index contributed by atoms with van der Waals surface area (Å²) >= 11 is 0. The van der Waals surface area contributed by atoms with Gasteiger partial charge >= 0.3 is 5.97 Å². The number of allylic oxidation sites excluding steroid dienone is 4. The maximum atomic E-state index is 10.4. The van der Waals surface area contributed by atoms with Crippen molar-refractivity contribution in [3.63, 3.8) is 0 Å². The highest BCUT2D eigenvalue weighted by atomic mass is 16.5. The second kappa shape index (κ2) is 20.4. The van der Waals surface area contributed by atoms with E-state index in [0.717, 1.165) is 6.92 Å². The van der Waals surface area contributed by atoms with Crippen molar-refractivity contribution in [1.82, 2.24) is 0 Å². The Balaban J connectivity index is 0. The van der Waals surface area contributed by atoms with Crippen LogP contribution in [0.25, 0.3) is 0 Å². The Bertz CT molecular complexity index is 1120. The van der Waals surface area contributed by atoms with Gasteiger partial charge in [-0.25, -0.2) is 0 Å². The molecule has 12 heteroatoms. The number of benzene rings is 3. The average molecular weight is 559 g/mol. The smallest absolute Gasteiger partial charge is 0.308 e. The summed E-state index contributed by atoms with van der Waals surface area (Å²) in [4.78, 5) is 40.0. The number of carboxylic acids is 1. The van der Waals surface area contributed by atoms with Crippen molar-refractivity contribution in [3.05, 3.63) is 97.1 Å². The highest BCUT2D eigenvalue weighted by molar-refractivity contribution is 6.14. The molecule has 214 valence electrons. The van der Waals surface area contributed by atoms with Gasteiger partial charge in [-0.05, 0) is 97.1 Å². The van der Waals surface area contributed by atoms with Crippen molar-refractivity contribution in [2.24, 2.45) is 0 Å². The van der Waals surface area contributed by atoms with Gasteiger partial charge in [0.15, 0.2) is 11.6 Å².